The highest BCUT2D eigenvalue weighted by Crippen LogP contribution is 2.30. The van der Waals surface area contributed by atoms with Gasteiger partial charge in [-0.25, -0.2) is 13.4 Å². The van der Waals surface area contributed by atoms with Crippen molar-refractivity contribution >= 4 is 15.7 Å². The van der Waals surface area contributed by atoms with Crippen LogP contribution in [0.4, 0.5) is 0 Å². The number of nitrogens with zero attached hydrogens (tertiary/aromatic N) is 3. The fourth-order valence-corrected chi connectivity index (χ4v) is 4.80. The third-order valence-electron chi connectivity index (χ3n) is 4.90. The largest absolute Gasteiger partial charge is 0.337 e. The Morgan fingerprint density at radius 1 is 1.25 bits per heavy atom. The standard InChI is InChI=1S/C21H29N3O3S/c1-16(2)12-24-20(14-23(17(3)25)13-18-9-10-18)11-22-21(24)28(26,27)15-19-7-5-4-6-8-19/h4-8,11,16,18H,9-10,12-15H2,1-3H3. The van der Waals surface area contributed by atoms with E-state index in [2.05, 4.69) is 4.98 Å². The zero-order valence-electron chi connectivity index (χ0n) is 16.8. The molecule has 152 valence electrons. The molecule has 1 fully saturated rings. The van der Waals surface area contributed by atoms with Gasteiger partial charge in [0.2, 0.25) is 20.9 Å². The predicted molar refractivity (Wildman–Crippen MR) is 108 cm³/mol. The van der Waals surface area contributed by atoms with Crippen LogP contribution >= 0.6 is 0 Å². The molecular weight excluding hydrogens is 374 g/mol. The van der Waals surface area contributed by atoms with Gasteiger partial charge in [-0.3, -0.25) is 4.79 Å². The fraction of sp³-hybridized carbons (Fsp3) is 0.524. The molecule has 6 nitrogen and oxygen atoms in total. The topological polar surface area (TPSA) is 72.3 Å². The van der Waals surface area contributed by atoms with E-state index in [0.29, 0.717) is 19.0 Å². The Balaban J connectivity index is 1.89. The van der Waals surface area contributed by atoms with Gasteiger partial charge in [-0.1, -0.05) is 44.2 Å². The first kappa shape index (κ1) is 20.6. The molecule has 0 atom stereocenters. The van der Waals surface area contributed by atoms with E-state index < -0.39 is 9.84 Å². The van der Waals surface area contributed by atoms with E-state index in [0.717, 1.165) is 30.6 Å². The molecule has 1 aromatic carbocycles. The van der Waals surface area contributed by atoms with Crippen molar-refractivity contribution in [3.8, 4) is 0 Å². The molecule has 0 spiro atoms. The lowest BCUT2D eigenvalue weighted by molar-refractivity contribution is -0.129. The first-order valence-corrected chi connectivity index (χ1v) is 11.5. The molecule has 0 radical (unpaired) electrons. The van der Waals surface area contributed by atoms with Crippen molar-refractivity contribution in [2.75, 3.05) is 6.54 Å². The van der Waals surface area contributed by atoms with E-state index in [4.69, 9.17) is 0 Å². The molecule has 28 heavy (non-hydrogen) atoms. The summed E-state index contributed by atoms with van der Waals surface area (Å²) >= 11 is 0. The van der Waals surface area contributed by atoms with E-state index in [9.17, 15) is 13.2 Å². The molecule has 1 aliphatic carbocycles. The Hall–Kier alpha value is -2.15. The summed E-state index contributed by atoms with van der Waals surface area (Å²) in [7, 11) is -3.59. The van der Waals surface area contributed by atoms with E-state index in [1.54, 1.807) is 34.7 Å². The summed E-state index contributed by atoms with van der Waals surface area (Å²) in [5.74, 6) is 0.762. The van der Waals surface area contributed by atoms with Gasteiger partial charge in [-0.05, 0) is 30.2 Å². The van der Waals surface area contributed by atoms with Crippen LogP contribution in [0, 0.1) is 11.8 Å². The van der Waals surface area contributed by atoms with Crippen molar-refractivity contribution in [2.24, 2.45) is 11.8 Å². The number of amides is 1. The lowest BCUT2D eigenvalue weighted by Gasteiger charge is -2.22. The van der Waals surface area contributed by atoms with Crippen LogP contribution in [0.15, 0.2) is 41.7 Å². The van der Waals surface area contributed by atoms with Crippen LogP contribution < -0.4 is 0 Å². The number of rotatable bonds is 9. The molecule has 2 aromatic rings. The van der Waals surface area contributed by atoms with Crippen LogP contribution in [-0.4, -0.2) is 35.3 Å². The lowest BCUT2D eigenvalue weighted by Crippen LogP contribution is -2.31. The Morgan fingerprint density at radius 2 is 1.93 bits per heavy atom. The zero-order chi connectivity index (χ0) is 20.3. The maximum Gasteiger partial charge on any atom is 0.228 e. The Morgan fingerprint density at radius 3 is 2.50 bits per heavy atom. The number of carbonyl (C=O) groups excluding carboxylic acids is 1. The summed E-state index contributed by atoms with van der Waals surface area (Å²) in [5.41, 5.74) is 1.51. The van der Waals surface area contributed by atoms with Gasteiger partial charge in [-0.2, -0.15) is 0 Å². The van der Waals surface area contributed by atoms with Crippen molar-refractivity contribution in [3.63, 3.8) is 0 Å². The van der Waals surface area contributed by atoms with E-state index in [1.807, 2.05) is 32.0 Å². The third kappa shape index (κ3) is 5.22. The molecule has 0 unspecified atom stereocenters. The first-order chi connectivity index (χ1) is 13.3. The number of aromatic nitrogens is 2. The highest BCUT2D eigenvalue weighted by Gasteiger charge is 2.28. The highest BCUT2D eigenvalue weighted by atomic mass is 32.2. The zero-order valence-corrected chi connectivity index (χ0v) is 17.7. The maximum atomic E-state index is 13.1. The average Bonchev–Trinajstić information content (AvgIpc) is 3.34. The Labute approximate surface area is 167 Å². The minimum Gasteiger partial charge on any atom is -0.337 e. The second-order valence-corrected chi connectivity index (χ2v) is 10.0. The van der Waals surface area contributed by atoms with Crippen LogP contribution in [0.3, 0.4) is 0 Å². The molecular formula is C21H29N3O3S. The van der Waals surface area contributed by atoms with Crippen LogP contribution in [0.25, 0.3) is 0 Å². The van der Waals surface area contributed by atoms with Gasteiger partial charge in [0.15, 0.2) is 0 Å². The summed E-state index contributed by atoms with van der Waals surface area (Å²) < 4.78 is 27.9. The summed E-state index contributed by atoms with van der Waals surface area (Å²) in [4.78, 5) is 18.2. The molecule has 3 rings (SSSR count). The molecule has 1 saturated carbocycles. The lowest BCUT2D eigenvalue weighted by atomic mass is 10.2. The molecule has 0 aliphatic heterocycles. The fourth-order valence-electron chi connectivity index (χ4n) is 3.30. The van der Waals surface area contributed by atoms with Crippen LogP contribution in [0.5, 0.6) is 0 Å². The average molecular weight is 404 g/mol. The number of sulfone groups is 1. The normalized spacial score (nSPS) is 14.4. The van der Waals surface area contributed by atoms with E-state index in [-0.39, 0.29) is 22.7 Å². The Bertz CT molecular complexity index is 916. The number of hydrogen-bond acceptors (Lipinski definition) is 4. The van der Waals surface area contributed by atoms with Crippen LogP contribution in [-0.2, 0) is 33.5 Å². The summed E-state index contributed by atoms with van der Waals surface area (Å²) in [6.45, 7) is 7.34. The van der Waals surface area contributed by atoms with Gasteiger partial charge in [0.25, 0.3) is 0 Å². The van der Waals surface area contributed by atoms with Gasteiger partial charge < -0.3 is 9.47 Å². The summed E-state index contributed by atoms with van der Waals surface area (Å²) in [5, 5.41) is 0.0926. The van der Waals surface area contributed by atoms with Gasteiger partial charge in [0.05, 0.1) is 24.2 Å². The van der Waals surface area contributed by atoms with Gasteiger partial charge in [0, 0.05) is 20.0 Å². The van der Waals surface area contributed by atoms with Gasteiger partial charge >= 0.3 is 0 Å². The molecule has 1 aromatic heterocycles. The maximum absolute atomic E-state index is 13.1. The van der Waals surface area contributed by atoms with Crippen molar-refractivity contribution in [1.82, 2.24) is 14.5 Å². The first-order valence-electron chi connectivity index (χ1n) is 9.83. The van der Waals surface area contributed by atoms with E-state index >= 15 is 0 Å². The predicted octanol–water partition coefficient (Wildman–Crippen LogP) is 3.27. The number of carbonyl (C=O) groups is 1. The van der Waals surface area contributed by atoms with Gasteiger partial charge in [0.1, 0.15) is 0 Å². The quantitative estimate of drug-likeness (QED) is 0.644. The van der Waals surface area contributed by atoms with Gasteiger partial charge in [-0.15, -0.1) is 0 Å². The summed E-state index contributed by atoms with van der Waals surface area (Å²) in [6, 6.07) is 9.14. The molecule has 1 aliphatic rings. The molecule has 0 bridgehead atoms. The SMILES string of the molecule is CC(=O)N(Cc1cnc(S(=O)(=O)Cc2ccccc2)n1CC(C)C)CC1CC1. The van der Waals surface area contributed by atoms with Crippen molar-refractivity contribution in [1.29, 1.82) is 0 Å². The van der Waals surface area contributed by atoms with Crippen molar-refractivity contribution in [2.45, 2.75) is 57.6 Å². The molecule has 1 amide bonds. The third-order valence-corrected chi connectivity index (χ3v) is 6.50. The number of imidazole rings is 1. The highest BCUT2D eigenvalue weighted by molar-refractivity contribution is 7.90. The second kappa shape index (κ2) is 8.47. The van der Waals surface area contributed by atoms with Crippen LogP contribution in [0.1, 0.15) is 44.9 Å². The monoisotopic (exact) mass is 403 g/mol. The Kier molecular flexibility index (Phi) is 6.23. The number of benzene rings is 1. The summed E-state index contributed by atoms with van der Waals surface area (Å²) in [6.07, 6.45) is 3.93. The molecule has 0 saturated heterocycles. The minimum absolute atomic E-state index is 0.0119. The van der Waals surface area contributed by atoms with Crippen molar-refractivity contribution in [3.05, 3.63) is 47.8 Å². The molecule has 0 N–H and O–H groups in total. The van der Waals surface area contributed by atoms with E-state index in [1.165, 1.54) is 0 Å². The molecule has 7 heteroatoms. The van der Waals surface area contributed by atoms with Crippen molar-refractivity contribution < 1.29 is 13.2 Å². The molecule has 1 heterocycles. The van der Waals surface area contributed by atoms with Crippen LogP contribution in [0.2, 0.25) is 0 Å². The smallest absolute Gasteiger partial charge is 0.228 e. The minimum atomic E-state index is -3.59. The second-order valence-electron chi connectivity index (χ2n) is 8.12. The number of hydrogen-bond donors (Lipinski definition) is 0.